The van der Waals surface area contributed by atoms with Crippen molar-refractivity contribution in [1.82, 2.24) is 9.97 Å². The minimum Gasteiger partial charge on any atom is -0.368 e. The Morgan fingerprint density at radius 3 is 2.69 bits per heavy atom. The number of hydrogen-bond acceptors (Lipinski definition) is 5. The van der Waals surface area contributed by atoms with Crippen LogP contribution in [0.2, 0.25) is 0 Å². The molecule has 0 saturated carbocycles. The molecule has 1 unspecified atom stereocenters. The fourth-order valence-electron chi connectivity index (χ4n) is 3.66. The molecule has 6 nitrogen and oxygen atoms in total. The van der Waals surface area contributed by atoms with E-state index in [9.17, 15) is 4.79 Å². The Labute approximate surface area is 154 Å². The molecule has 0 aliphatic carbocycles. The highest BCUT2D eigenvalue weighted by atomic mass is 16.1. The molecule has 2 atom stereocenters. The number of carbonyl (C=O) groups excluding carboxylic acids is 1. The molecule has 1 aromatic heterocycles. The molecule has 0 radical (unpaired) electrons. The highest BCUT2D eigenvalue weighted by Gasteiger charge is 2.37. The van der Waals surface area contributed by atoms with Crippen molar-refractivity contribution in [3.8, 4) is 0 Å². The largest absolute Gasteiger partial charge is 0.368 e. The van der Waals surface area contributed by atoms with Crippen LogP contribution in [0.5, 0.6) is 0 Å². The van der Waals surface area contributed by atoms with E-state index in [4.69, 9.17) is 11.5 Å². The lowest BCUT2D eigenvalue weighted by Crippen LogP contribution is -2.50. The van der Waals surface area contributed by atoms with Gasteiger partial charge in [-0.05, 0) is 30.4 Å². The second-order valence-corrected chi connectivity index (χ2v) is 7.52. The number of rotatable bonds is 6. The minimum atomic E-state index is -1.27. The van der Waals surface area contributed by atoms with Gasteiger partial charge in [-0.1, -0.05) is 44.2 Å². The number of nitrogens with two attached hydrogens (primary N) is 2. The quantitative estimate of drug-likeness (QED) is 0.829. The summed E-state index contributed by atoms with van der Waals surface area (Å²) in [5.74, 6) is 0.734. The highest BCUT2D eigenvalue weighted by molar-refractivity contribution is 5.85. The van der Waals surface area contributed by atoms with Crippen LogP contribution in [-0.4, -0.2) is 29.0 Å². The molecule has 1 amide bonds. The highest BCUT2D eigenvalue weighted by Crippen LogP contribution is 2.30. The predicted molar refractivity (Wildman–Crippen MR) is 103 cm³/mol. The van der Waals surface area contributed by atoms with E-state index in [1.807, 2.05) is 19.9 Å². The van der Waals surface area contributed by atoms with Crippen LogP contribution in [0.15, 0.2) is 42.6 Å². The third kappa shape index (κ3) is 3.70. The second-order valence-electron chi connectivity index (χ2n) is 7.52. The van der Waals surface area contributed by atoms with Crippen LogP contribution in [0.3, 0.4) is 0 Å². The zero-order valence-electron chi connectivity index (χ0n) is 15.4. The molecular formula is C20H27N5O. The van der Waals surface area contributed by atoms with Crippen molar-refractivity contribution in [2.24, 2.45) is 17.4 Å². The van der Waals surface area contributed by atoms with E-state index in [1.165, 1.54) is 5.56 Å². The summed E-state index contributed by atoms with van der Waals surface area (Å²) in [6.07, 6.45) is 3.16. The van der Waals surface area contributed by atoms with Gasteiger partial charge in [-0.25, -0.2) is 9.97 Å². The van der Waals surface area contributed by atoms with Crippen molar-refractivity contribution in [3.05, 3.63) is 53.9 Å². The smallest absolute Gasteiger partial charge is 0.243 e. The molecule has 1 fully saturated rings. The van der Waals surface area contributed by atoms with E-state index >= 15 is 0 Å². The Hall–Kier alpha value is -2.47. The Morgan fingerprint density at radius 1 is 1.31 bits per heavy atom. The Bertz CT molecular complexity index is 764. The fourth-order valence-corrected chi connectivity index (χ4v) is 3.66. The van der Waals surface area contributed by atoms with E-state index in [2.05, 4.69) is 39.1 Å². The third-order valence-electron chi connectivity index (χ3n) is 5.01. The van der Waals surface area contributed by atoms with E-state index in [0.29, 0.717) is 24.0 Å². The summed E-state index contributed by atoms with van der Waals surface area (Å²) in [5, 5.41) is 0. The van der Waals surface area contributed by atoms with Crippen molar-refractivity contribution in [2.75, 3.05) is 18.0 Å². The van der Waals surface area contributed by atoms with Crippen molar-refractivity contribution in [2.45, 2.75) is 38.1 Å². The zero-order valence-corrected chi connectivity index (χ0v) is 15.4. The molecule has 1 aromatic carbocycles. The van der Waals surface area contributed by atoms with Crippen molar-refractivity contribution >= 4 is 11.9 Å². The Kier molecular flexibility index (Phi) is 5.23. The average molecular weight is 353 g/mol. The maximum Gasteiger partial charge on any atom is 0.243 e. The van der Waals surface area contributed by atoms with Crippen molar-refractivity contribution in [1.29, 1.82) is 0 Å². The van der Waals surface area contributed by atoms with Crippen LogP contribution in [0.25, 0.3) is 0 Å². The first-order valence-corrected chi connectivity index (χ1v) is 9.12. The molecule has 2 aromatic rings. The van der Waals surface area contributed by atoms with Gasteiger partial charge in [0.1, 0.15) is 5.54 Å². The van der Waals surface area contributed by atoms with Crippen LogP contribution in [0.1, 0.15) is 43.9 Å². The van der Waals surface area contributed by atoms with Gasteiger partial charge in [0.05, 0.1) is 5.69 Å². The number of hydrogen-bond donors (Lipinski definition) is 2. The first kappa shape index (κ1) is 18.3. The number of carbonyl (C=O) groups is 1. The molecule has 1 aliphatic rings. The van der Waals surface area contributed by atoms with Gasteiger partial charge in [-0.3, -0.25) is 4.79 Å². The molecular weight excluding hydrogens is 326 g/mol. The number of anilines is 1. The summed E-state index contributed by atoms with van der Waals surface area (Å²) in [4.78, 5) is 23.2. The van der Waals surface area contributed by atoms with Crippen LogP contribution in [0.4, 0.5) is 5.95 Å². The van der Waals surface area contributed by atoms with Gasteiger partial charge in [0, 0.05) is 25.2 Å². The number of benzene rings is 1. The monoisotopic (exact) mass is 353 g/mol. The van der Waals surface area contributed by atoms with Gasteiger partial charge >= 0.3 is 0 Å². The van der Waals surface area contributed by atoms with Crippen LogP contribution >= 0.6 is 0 Å². The Balaban J connectivity index is 1.82. The standard InChI is InChI=1S/C20H27N5O/c1-14(2)12-20(22,18(21)26)17-8-10-23-19(24-17)25-11-9-16(13-25)15-6-4-3-5-7-15/h3-8,10,14,16H,9,11-13,22H2,1-2H3,(H2,21,26)/t16?,20-/m1/s1. The average Bonchev–Trinajstić information content (AvgIpc) is 3.12. The van der Waals surface area contributed by atoms with Crippen molar-refractivity contribution in [3.63, 3.8) is 0 Å². The third-order valence-corrected chi connectivity index (χ3v) is 5.01. The van der Waals surface area contributed by atoms with Gasteiger partial charge in [-0.15, -0.1) is 0 Å². The second kappa shape index (κ2) is 7.41. The molecule has 0 spiro atoms. The van der Waals surface area contributed by atoms with Gasteiger partial charge in [0.15, 0.2) is 0 Å². The molecule has 4 N–H and O–H groups in total. The molecule has 1 aliphatic heterocycles. The normalized spacial score (nSPS) is 19.5. The summed E-state index contributed by atoms with van der Waals surface area (Å²) in [6.45, 7) is 5.75. The number of primary amides is 1. The lowest BCUT2D eigenvalue weighted by atomic mass is 9.86. The predicted octanol–water partition coefficient (Wildman–Crippen LogP) is 2.16. The van der Waals surface area contributed by atoms with Gasteiger partial charge in [0.25, 0.3) is 0 Å². The molecule has 138 valence electrons. The van der Waals surface area contributed by atoms with Gasteiger partial charge in [-0.2, -0.15) is 0 Å². The van der Waals surface area contributed by atoms with E-state index in [0.717, 1.165) is 19.5 Å². The van der Waals surface area contributed by atoms with E-state index < -0.39 is 11.4 Å². The maximum absolute atomic E-state index is 12.1. The summed E-state index contributed by atoms with van der Waals surface area (Å²) in [5.41, 5.74) is 12.5. The van der Waals surface area contributed by atoms with E-state index in [1.54, 1.807) is 12.3 Å². The first-order chi connectivity index (χ1) is 12.4. The fraction of sp³-hybridized carbons (Fsp3) is 0.450. The number of aromatic nitrogens is 2. The van der Waals surface area contributed by atoms with Crippen LogP contribution in [-0.2, 0) is 10.3 Å². The number of nitrogens with zero attached hydrogens (tertiary/aromatic N) is 3. The van der Waals surface area contributed by atoms with Crippen LogP contribution in [0, 0.1) is 5.92 Å². The molecule has 3 rings (SSSR count). The number of amides is 1. The van der Waals surface area contributed by atoms with E-state index in [-0.39, 0.29) is 5.92 Å². The summed E-state index contributed by atoms with van der Waals surface area (Å²) < 4.78 is 0. The lowest BCUT2D eigenvalue weighted by molar-refractivity contribution is -0.124. The van der Waals surface area contributed by atoms with Gasteiger partial charge < -0.3 is 16.4 Å². The summed E-state index contributed by atoms with van der Waals surface area (Å²) in [7, 11) is 0. The van der Waals surface area contributed by atoms with Gasteiger partial charge in [0.2, 0.25) is 11.9 Å². The summed E-state index contributed by atoms with van der Waals surface area (Å²) >= 11 is 0. The summed E-state index contributed by atoms with van der Waals surface area (Å²) in [6, 6.07) is 12.2. The first-order valence-electron chi connectivity index (χ1n) is 9.12. The minimum absolute atomic E-state index is 0.222. The topological polar surface area (TPSA) is 98.1 Å². The molecule has 0 bridgehead atoms. The lowest BCUT2D eigenvalue weighted by Gasteiger charge is -2.28. The molecule has 2 heterocycles. The van der Waals surface area contributed by atoms with Crippen molar-refractivity contribution < 1.29 is 4.79 Å². The zero-order chi connectivity index (χ0) is 18.7. The maximum atomic E-state index is 12.1. The molecule has 1 saturated heterocycles. The molecule has 26 heavy (non-hydrogen) atoms. The molecule has 6 heteroatoms. The van der Waals surface area contributed by atoms with Crippen LogP contribution < -0.4 is 16.4 Å². The SMILES string of the molecule is CC(C)C[C@](N)(C(N)=O)c1ccnc(N2CCC(c3ccccc3)C2)n1. The Morgan fingerprint density at radius 2 is 2.04 bits per heavy atom.